The lowest BCUT2D eigenvalue weighted by molar-refractivity contribution is 0.0926. The highest BCUT2D eigenvalue weighted by atomic mass is 16.5. The van der Waals surface area contributed by atoms with Crippen molar-refractivity contribution in [3.05, 3.63) is 40.5 Å². The number of ether oxygens (including phenoxy) is 1. The number of hydrogen-bond acceptors (Lipinski definition) is 2. The molecule has 0 spiro atoms. The lowest BCUT2D eigenvalue weighted by Gasteiger charge is -2.33. The lowest BCUT2D eigenvalue weighted by atomic mass is 9.69. The fourth-order valence-corrected chi connectivity index (χ4v) is 4.70. The van der Waals surface area contributed by atoms with Gasteiger partial charge in [-0.25, -0.2) is 0 Å². The minimum Gasteiger partial charge on any atom is -0.508 e. The summed E-state index contributed by atoms with van der Waals surface area (Å²) in [6.07, 6.45) is 4.95. The molecular formula is C18H22O2. The summed E-state index contributed by atoms with van der Waals surface area (Å²) in [7, 11) is 0. The van der Waals surface area contributed by atoms with E-state index in [0.29, 0.717) is 29.8 Å². The van der Waals surface area contributed by atoms with E-state index in [1.54, 1.807) is 0 Å². The van der Waals surface area contributed by atoms with E-state index in [0.717, 1.165) is 18.4 Å². The molecule has 1 aromatic carbocycles. The Morgan fingerprint density at radius 1 is 1.05 bits per heavy atom. The predicted molar refractivity (Wildman–Crippen MR) is 78.8 cm³/mol. The highest BCUT2D eigenvalue weighted by molar-refractivity contribution is 5.52. The van der Waals surface area contributed by atoms with Crippen LogP contribution in [0.1, 0.15) is 37.8 Å². The Labute approximate surface area is 120 Å². The van der Waals surface area contributed by atoms with Gasteiger partial charge in [-0.05, 0) is 41.0 Å². The normalized spacial score (nSPS) is 34.3. The van der Waals surface area contributed by atoms with E-state index in [4.69, 9.17) is 4.74 Å². The Morgan fingerprint density at radius 3 is 2.35 bits per heavy atom. The second-order valence-corrected chi connectivity index (χ2v) is 6.44. The van der Waals surface area contributed by atoms with Crippen LogP contribution in [0.3, 0.4) is 0 Å². The van der Waals surface area contributed by atoms with Gasteiger partial charge in [0.25, 0.3) is 0 Å². The Hall–Kier alpha value is -1.28. The van der Waals surface area contributed by atoms with E-state index in [1.807, 2.05) is 12.1 Å². The molecule has 0 amide bonds. The molecule has 2 nitrogen and oxygen atoms in total. The number of hydrogen-bond donors (Lipinski definition) is 1. The van der Waals surface area contributed by atoms with Crippen LogP contribution >= 0.6 is 0 Å². The van der Waals surface area contributed by atoms with Crippen LogP contribution in [0.5, 0.6) is 5.75 Å². The number of rotatable bonds is 2. The highest BCUT2D eigenvalue weighted by Gasteiger charge is 2.52. The third-order valence-electron chi connectivity index (χ3n) is 5.66. The van der Waals surface area contributed by atoms with Crippen molar-refractivity contribution < 1.29 is 9.84 Å². The van der Waals surface area contributed by atoms with Crippen molar-refractivity contribution in [2.45, 2.75) is 51.7 Å². The van der Waals surface area contributed by atoms with Gasteiger partial charge >= 0.3 is 0 Å². The molecular weight excluding hydrogens is 248 g/mol. The van der Waals surface area contributed by atoms with Gasteiger partial charge in [0.05, 0.1) is 12.2 Å². The van der Waals surface area contributed by atoms with Gasteiger partial charge in [-0.3, -0.25) is 0 Å². The standard InChI is InChI=1S/C18H22O2/c1-3-11-12(4-2)18-15-9-13-10(6-5-7-16(13)19)8-14(15)17(11)20-18/h5-7,11-12,17-19H,3-4,8-9H2,1-2H3. The number of phenols is 1. The molecule has 0 aromatic heterocycles. The molecule has 0 saturated carbocycles. The fourth-order valence-electron chi connectivity index (χ4n) is 4.70. The second kappa shape index (κ2) is 4.36. The molecule has 2 bridgehead atoms. The Bertz CT molecular complexity index is 587. The lowest BCUT2D eigenvalue weighted by Crippen LogP contribution is -2.32. The number of fused-ring (bicyclic) bond motifs is 5. The Balaban J connectivity index is 1.75. The molecule has 3 aliphatic rings. The molecule has 4 rings (SSSR count). The van der Waals surface area contributed by atoms with Crippen molar-refractivity contribution in [1.82, 2.24) is 0 Å². The molecule has 2 heteroatoms. The van der Waals surface area contributed by atoms with Crippen molar-refractivity contribution in [3.8, 4) is 5.75 Å². The number of benzene rings is 1. The van der Waals surface area contributed by atoms with Gasteiger partial charge in [0.15, 0.2) is 0 Å². The third kappa shape index (κ3) is 1.49. The van der Waals surface area contributed by atoms with Crippen LogP contribution < -0.4 is 0 Å². The van der Waals surface area contributed by atoms with Crippen LogP contribution in [-0.4, -0.2) is 17.3 Å². The SMILES string of the molecule is CCC1C2OC(C3=C2Cc2cccc(O)c2C3)C1CC. The van der Waals surface area contributed by atoms with Crippen molar-refractivity contribution in [1.29, 1.82) is 0 Å². The molecule has 1 N–H and O–H groups in total. The first-order chi connectivity index (χ1) is 9.74. The van der Waals surface area contributed by atoms with Crippen molar-refractivity contribution in [3.63, 3.8) is 0 Å². The molecule has 1 aliphatic carbocycles. The van der Waals surface area contributed by atoms with E-state index >= 15 is 0 Å². The molecule has 0 radical (unpaired) electrons. The molecule has 2 heterocycles. The van der Waals surface area contributed by atoms with E-state index < -0.39 is 0 Å². The fraction of sp³-hybridized carbons (Fsp3) is 0.556. The zero-order valence-electron chi connectivity index (χ0n) is 12.2. The molecule has 4 atom stereocenters. The van der Waals surface area contributed by atoms with Gasteiger partial charge in [-0.15, -0.1) is 0 Å². The average molecular weight is 270 g/mol. The molecule has 2 aliphatic heterocycles. The summed E-state index contributed by atoms with van der Waals surface area (Å²) >= 11 is 0. The van der Waals surface area contributed by atoms with Gasteiger partial charge in [-0.1, -0.05) is 38.8 Å². The van der Waals surface area contributed by atoms with Crippen LogP contribution in [0.2, 0.25) is 0 Å². The zero-order chi connectivity index (χ0) is 13.9. The van der Waals surface area contributed by atoms with Gasteiger partial charge in [-0.2, -0.15) is 0 Å². The van der Waals surface area contributed by atoms with Crippen molar-refractivity contribution in [2.24, 2.45) is 11.8 Å². The average Bonchev–Trinajstić information content (AvgIpc) is 3.01. The molecule has 20 heavy (non-hydrogen) atoms. The predicted octanol–water partition coefficient (Wildman–Crippen LogP) is 3.62. The van der Waals surface area contributed by atoms with Gasteiger partial charge < -0.3 is 9.84 Å². The summed E-state index contributed by atoms with van der Waals surface area (Å²) < 4.78 is 6.34. The summed E-state index contributed by atoms with van der Waals surface area (Å²) in [5.41, 5.74) is 5.44. The van der Waals surface area contributed by atoms with Crippen molar-refractivity contribution >= 4 is 0 Å². The second-order valence-electron chi connectivity index (χ2n) is 6.44. The van der Waals surface area contributed by atoms with E-state index in [9.17, 15) is 5.11 Å². The summed E-state index contributed by atoms with van der Waals surface area (Å²) in [5, 5.41) is 10.1. The number of aromatic hydroxyl groups is 1. The maximum absolute atomic E-state index is 10.1. The molecule has 1 fully saturated rings. The smallest absolute Gasteiger partial charge is 0.119 e. The van der Waals surface area contributed by atoms with Crippen molar-refractivity contribution in [2.75, 3.05) is 0 Å². The summed E-state index contributed by atoms with van der Waals surface area (Å²) in [6.45, 7) is 4.58. The van der Waals surface area contributed by atoms with Gasteiger partial charge in [0.2, 0.25) is 0 Å². The monoisotopic (exact) mass is 270 g/mol. The topological polar surface area (TPSA) is 29.5 Å². The van der Waals surface area contributed by atoms with Gasteiger partial charge in [0.1, 0.15) is 5.75 Å². The van der Waals surface area contributed by atoms with Crippen LogP contribution in [0.15, 0.2) is 29.3 Å². The van der Waals surface area contributed by atoms with E-state index in [1.165, 1.54) is 29.6 Å². The number of phenolic OH excluding ortho intramolecular Hbond substituents is 1. The summed E-state index contributed by atoms with van der Waals surface area (Å²) in [6, 6.07) is 5.92. The molecule has 1 aromatic rings. The summed E-state index contributed by atoms with van der Waals surface area (Å²) in [4.78, 5) is 0. The van der Waals surface area contributed by atoms with Crippen LogP contribution in [-0.2, 0) is 17.6 Å². The quantitative estimate of drug-likeness (QED) is 0.832. The summed E-state index contributed by atoms with van der Waals surface area (Å²) in [5.74, 6) is 1.83. The minimum atomic E-state index is 0.317. The van der Waals surface area contributed by atoms with Crippen LogP contribution in [0.25, 0.3) is 0 Å². The van der Waals surface area contributed by atoms with Crippen LogP contribution in [0, 0.1) is 11.8 Å². The highest BCUT2D eigenvalue weighted by Crippen LogP contribution is 2.53. The minimum absolute atomic E-state index is 0.317. The molecule has 106 valence electrons. The maximum atomic E-state index is 10.1. The van der Waals surface area contributed by atoms with E-state index in [2.05, 4.69) is 19.9 Å². The first-order valence-corrected chi connectivity index (χ1v) is 7.91. The van der Waals surface area contributed by atoms with Crippen LogP contribution in [0.4, 0.5) is 0 Å². The first-order valence-electron chi connectivity index (χ1n) is 7.91. The Morgan fingerprint density at radius 2 is 1.70 bits per heavy atom. The molecule has 1 saturated heterocycles. The molecule has 4 unspecified atom stereocenters. The zero-order valence-corrected chi connectivity index (χ0v) is 12.2. The maximum Gasteiger partial charge on any atom is 0.119 e. The van der Waals surface area contributed by atoms with E-state index in [-0.39, 0.29) is 0 Å². The third-order valence-corrected chi connectivity index (χ3v) is 5.66. The Kier molecular flexibility index (Phi) is 2.71. The first kappa shape index (κ1) is 12.5. The van der Waals surface area contributed by atoms with Gasteiger partial charge in [0, 0.05) is 12.0 Å². The largest absolute Gasteiger partial charge is 0.508 e.